The summed E-state index contributed by atoms with van der Waals surface area (Å²) in [5.74, 6) is -0.199. The van der Waals surface area contributed by atoms with E-state index in [4.69, 9.17) is 9.47 Å². The Morgan fingerprint density at radius 1 is 0.485 bits per heavy atom. The third kappa shape index (κ3) is 37.9. The fourth-order valence-corrected chi connectivity index (χ4v) is 9.01. The fraction of sp³-hybridized carbons (Fsp3) is 0.847. The highest BCUT2D eigenvalue weighted by atomic mass is 16.7. The van der Waals surface area contributed by atoms with Crippen molar-refractivity contribution in [2.75, 3.05) is 13.2 Å². The first-order chi connectivity index (χ1) is 33.3. The maximum Gasteiger partial charge on any atom is 0.220 e. The summed E-state index contributed by atoms with van der Waals surface area (Å²) in [6.07, 6.45) is 57.6. The minimum atomic E-state index is -1.58. The molecular formula is C59H109NO8. The van der Waals surface area contributed by atoms with Crippen molar-refractivity contribution in [3.63, 3.8) is 0 Å². The lowest BCUT2D eigenvalue weighted by Gasteiger charge is -2.40. The zero-order valence-electron chi connectivity index (χ0n) is 44.1. The molecule has 7 unspecified atom stereocenters. The summed E-state index contributed by atoms with van der Waals surface area (Å²) < 4.78 is 11.2. The molecule has 1 amide bonds. The molecule has 0 aromatic rings. The van der Waals surface area contributed by atoms with E-state index in [1.54, 1.807) is 6.08 Å². The van der Waals surface area contributed by atoms with Crippen LogP contribution in [0.3, 0.4) is 0 Å². The number of carbonyl (C=O) groups is 1. The van der Waals surface area contributed by atoms with E-state index in [9.17, 15) is 30.3 Å². The molecule has 0 aliphatic carbocycles. The molecule has 9 heteroatoms. The van der Waals surface area contributed by atoms with Gasteiger partial charge in [-0.15, -0.1) is 0 Å². The van der Waals surface area contributed by atoms with Crippen LogP contribution in [-0.4, -0.2) is 87.5 Å². The van der Waals surface area contributed by atoms with E-state index in [0.717, 1.165) is 64.2 Å². The third-order valence-corrected chi connectivity index (χ3v) is 13.6. The van der Waals surface area contributed by atoms with Crippen molar-refractivity contribution < 1.29 is 39.8 Å². The van der Waals surface area contributed by atoms with Gasteiger partial charge in [0.25, 0.3) is 0 Å². The minimum Gasteiger partial charge on any atom is -0.394 e. The summed E-state index contributed by atoms with van der Waals surface area (Å²) >= 11 is 0. The summed E-state index contributed by atoms with van der Waals surface area (Å²) in [6, 6.07) is -0.833. The summed E-state index contributed by atoms with van der Waals surface area (Å²) in [6.45, 7) is 3.76. The van der Waals surface area contributed by atoms with E-state index in [1.165, 1.54) is 180 Å². The monoisotopic (exact) mass is 960 g/mol. The molecule has 1 aliphatic rings. The molecular weight excluding hydrogens is 851 g/mol. The molecule has 1 fully saturated rings. The number of amides is 1. The quantitative estimate of drug-likeness (QED) is 0.0261. The topological polar surface area (TPSA) is 149 Å². The van der Waals surface area contributed by atoms with Crippen LogP contribution >= 0.6 is 0 Å². The van der Waals surface area contributed by atoms with Crippen LogP contribution in [0.1, 0.15) is 264 Å². The molecule has 1 heterocycles. The lowest BCUT2D eigenvalue weighted by molar-refractivity contribution is -0.302. The van der Waals surface area contributed by atoms with E-state index in [-0.39, 0.29) is 12.5 Å². The van der Waals surface area contributed by atoms with Gasteiger partial charge in [-0.2, -0.15) is 0 Å². The number of allylic oxidation sites excluding steroid dienone is 7. The van der Waals surface area contributed by atoms with Gasteiger partial charge >= 0.3 is 0 Å². The Balaban J connectivity index is 2.23. The van der Waals surface area contributed by atoms with Crippen molar-refractivity contribution in [3.8, 4) is 0 Å². The highest BCUT2D eigenvalue weighted by Gasteiger charge is 2.44. The number of aliphatic hydroxyl groups is 5. The van der Waals surface area contributed by atoms with Crippen LogP contribution < -0.4 is 5.32 Å². The van der Waals surface area contributed by atoms with Gasteiger partial charge in [0.2, 0.25) is 5.91 Å². The molecule has 0 radical (unpaired) electrons. The first-order valence-electron chi connectivity index (χ1n) is 28.9. The largest absolute Gasteiger partial charge is 0.394 e. The van der Waals surface area contributed by atoms with E-state index < -0.39 is 49.5 Å². The van der Waals surface area contributed by atoms with Crippen molar-refractivity contribution >= 4 is 5.91 Å². The Labute approximate surface area is 418 Å². The molecule has 0 saturated carbocycles. The Kier molecular flexibility index (Phi) is 46.0. The molecule has 0 aromatic heterocycles. The number of carbonyl (C=O) groups excluding carboxylic acids is 1. The molecule has 1 rings (SSSR count). The SMILES string of the molecule is CCCCCCCC/C=C\CCCCCCCC(=O)NC(COC1OC(CO)C(O)C(O)C1O)C(O)/C=C/CC/C=C/CC/C=C/CCCCCCCCCCCCCCCCCCCCCC. The van der Waals surface area contributed by atoms with Crippen molar-refractivity contribution in [1.82, 2.24) is 5.32 Å². The average molecular weight is 961 g/mol. The molecule has 6 N–H and O–H groups in total. The van der Waals surface area contributed by atoms with E-state index in [2.05, 4.69) is 55.6 Å². The van der Waals surface area contributed by atoms with Gasteiger partial charge in [0.05, 0.1) is 25.4 Å². The minimum absolute atomic E-state index is 0.199. The molecule has 68 heavy (non-hydrogen) atoms. The lowest BCUT2D eigenvalue weighted by atomic mass is 9.99. The molecule has 0 spiro atoms. The Morgan fingerprint density at radius 2 is 0.838 bits per heavy atom. The molecule has 0 bridgehead atoms. The number of nitrogens with one attached hydrogen (secondary N) is 1. The third-order valence-electron chi connectivity index (χ3n) is 13.6. The van der Waals surface area contributed by atoms with E-state index in [1.807, 2.05) is 6.08 Å². The average Bonchev–Trinajstić information content (AvgIpc) is 3.34. The van der Waals surface area contributed by atoms with Gasteiger partial charge in [0.15, 0.2) is 6.29 Å². The maximum atomic E-state index is 13.0. The van der Waals surface area contributed by atoms with Gasteiger partial charge in [0, 0.05) is 6.42 Å². The van der Waals surface area contributed by atoms with Gasteiger partial charge < -0.3 is 40.3 Å². The van der Waals surface area contributed by atoms with Crippen LogP contribution in [-0.2, 0) is 14.3 Å². The first-order valence-corrected chi connectivity index (χ1v) is 28.9. The number of hydrogen-bond donors (Lipinski definition) is 6. The van der Waals surface area contributed by atoms with Crippen LogP contribution in [0.5, 0.6) is 0 Å². The number of hydrogen-bond acceptors (Lipinski definition) is 8. The van der Waals surface area contributed by atoms with Crippen molar-refractivity contribution in [2.24, 2.45) is 0 Å². The summed E-state index contributed by atoms with van der Waals surface area (Å²) in [7, 11) is 0. The van der Waals surface area contributed by atoms with Crippen molar-refractivity contribution in [3.05, 3.63) is 48.6 Å². The van der Waals surface area contributed by atoms with Gasteiger partial charge in [-0.3, -0.25) is 4.79 Å². The maximum absolute atomic E-state index is 13.0. The highest BCUT2D eigenvalue weighted by molar-refractivity contribution is 5.76. The second kappa shape index (κ2) is 48.8. The van der Waals surface area contributed by atoms with Gasteiger partial charge in [-0.1, -0.05) is 236 Å². The first kappa shape index (κ1) is 64.2. The van der Waals surface area contributed by atoms with Crippen LogP contribution in [0.25, 0.3) is 0 Å². The summed E-state index contributed by atoms with van der Waals surface area (Å²) in [4.78, 5) is 13.0. The van der Waals surface area contributed by atoms with Crippen LogP contribution in [0.4, 0.5) is 0 Å². The number of aliphatic hydroxyl groups excluding tert-OH is 5. The van der Waals surface area contributed by atoms with E-state index >= 15 is 0 Å². The second-order valence-electron chi connectivity index (χ2n) is 20.1. The molecule has 1 saturated heterocycles. The smallest absolute Gasteiger partial charge is 0.220 e. The van der Waals surface area contributed by atoms with Crippen LogP contribution in [0.15, 0.2) is 48.6 Å². The molecule has 398 valence electrons. The molecule has 1 aliphatic heterocycles. The van der Waals surface area contributed by atoms with Crippen molar-refractivity contribution in [2.45, 2.75) is 307 Å². The number of ether oxygens (including phenoxy) is 2. The second-order valence-corrected chi connectivity index (χ2v) is 20.1. The Bertz CT molecular complexity index is 1210. The standard InChI is InChI=1S/C59H109NO8/c1-3-5-7-9-11-13-15-17-19-20-21-22-23-24-25-26-27-28-29-30-31-32-33-35-36-38-40-42-44-46-48-53(62)52(51-67-59-58(66)57(65)56(64)54(50-61)68-59)60-55(63)49-47-45-43-41-39-37-34-18-16-14-12-10-8-6-4-2/h18,32-34,38,40,46,48,52-54,56-59,61-62,64-66H,3-17,19-31,35-37,39,41-45,47,49-51H2,1-2H3,(H,60,63)/b33-32+,34-18-,40-38+,48-46+. The fourth-order valence-electron chi connectivity index (χ4n) is 9.01. The predicted octanol–water partition coefficient (Wildman–Crippen LogP) is 14.1. The highest BCUT2D eigenvalue weighted by Crippen LogP contribution is 2.23. The van der Waals surface area contributed by atoms with Gasteiger partial charge in [-0.25, -0.2) is 0 Å². The number of rotatable bonds is 49. The molecule has 0 aromatic carbocycles. The summed E-state index contributed by atoms with van der Waals surface area (Å²) in [5, 5.41) is 54.4. The molecule has 7 atom stereocenters. The lowest BCUT2D eigenvalue weighted by Crippen LogP contribution is -2.60. The van der Waals surface area contributed by atoms with E-state index in [0.29, 0.717) is 6.42 Å². The Morgan fingerprint density at radius 3 is 1.24 bits per heavy atom. The zero-order chi connectivity index (χ0) is 49.4. The number of unbranched alkanes of at least 4 members (excludes halogenated alkanes) is 33. The van der Waals surface area contributed by atoms with Gasteiger partial charge in [0.1, 0.15) is 24.4 Å². The van der Waals surface area contributed by atoms with Crippen LogP contribution in [0.2, 0.25) is 0 Å². The zero-order valence-corrected chi connectivity index (χ0v) is 44.1. The van der Waals surface area contributed by atoms with Crippen LogP contribution in [0, 0.1) is 0 Å². The molecule has 9 nitrogen and oxygen atoms in total. The van der Waals surface area contributed by atoms with Gasteiger partial charge in [-0.05, 0) is 70.6 Å². The van der Waals surface area contributed by atoms with Crippen molar-refractivity contribution in [1.29, 1.82) is 0 Å². The normalized spacial score (nSPS) is 19.9. The predicted molar refractivity (Wildman–Crippen MR) is 286 cm³/mol. The summed E-state index contributed by atoms with van der Waals surface area (Å²) in [5.41, 5.74) is 0. The Hall–Kier alpha value is -1.85.